The molecule has 1 saturated carbocycles. The van der Waals surface area contributed by atoms with Crippen LogP contribution in [-0.4, -0.2) is 37.6 Å². The quantitative estimate of drug-likeness (QED) is 0.582. The zero-order valence-corrected chi connectivity index (χ0v) is 17.5. The minimum Gasteiger partial charge on any atom is -0.336 e. The van der Waals surface area contributed by atoms with E-state index in [-0.39, 0.29) is 22.6 Å². The zero-order chi connectivity index (χ0) is 21.8. The minimum absolute atomic E-state index is 0.0320. The molecule has 5 rings (SSSR count). The number of hydrogen-bond acceptors (Lipinski definition) is 4. The fourth-order valence-electron chi connectivity index (χ4n) is 4.72. The van der Waals surface area contributed by atoms with Gasteiger partial charge >= 0.3 is 0 Å². The van der Waals surface area contributed by atoms with E-state index in [0.29, 0.717) is 35.5 Å². The van der Waals surface area contributed by atoms with E-state index >= 15 is 4.39 Å². The van der Waals surface area contributed by atoms with Crippen LogP contribution in [0.2, 0.25) is 0 Å². The van der Waals surface area contributed by atoms with Crippen LogP contribution in [0.1, 0.15) is 48.7 Å². The van der Waals surface area contributed by atoms with Crippen LogP contribution in [0.5, 0.6) is 0 Å². The van der Waals surface area contributed by atoms with Crippen molar-refractivity contribution in [2.45, 2.75) is 45.7 Å². The monoisotopic (exact) mass is 423 g/mol. The summed E-state index contributed by atoms with van der Waals surface area (Å²) < 4.78 is 30.8. The van der Waals surface area contributed by atoms with Crippen molar-refractivity contribution in [1.82, 2.24) is 24.6 Å². The second kappa shape index (κ2) is 7.21. The predicted molar refractivity (Wildman–Crippen MR) is 111 cm³/mol. The van der Waals surface area contributed by atoms with Gasteiger partial charge in [0.15, 0.2) is 0 Å². The van der Waals surface area contributed by atoms with E-state index in [9.17, 15) is 9.18 Å². The van der Waals surface area contributed by atoms with Crippen LogP contribution < -0.4 is 0 Å². The first-order chi connectivity index (χ1) is 14.8. The molecule has 0 unspecified atom stereocenters. The first-order valence-corrected chi connectivity index (χ1v) is 10.5. The molecular formula is C23H23F2N5O. The third kappa shape index (κ3) is 3.40. The van der Waals surface area contributed by atoms with E-state index in [0.717, 1.165) is 25.7 Å². The van der Waals surface area contributed by atoms with Crippen LogP contribution in [0.4, 0.5) is 8.78 Å². The summed E-state index contributed by atoms with van der Waals surface area (Å²) in [7, 11) is 1.70. The molecule has 6 nitrogen and oxygen atoms in total. The maximum Gasteiger partial charge on any atom is 0.255 e. The lowest BCUT2D eigenvalue weighted by molar-refractivity contribution is 0.0816. The molecule has 31 heavy (non-hydrogen) atoms. The molecule has 3 aromatic rings. The van der Waals surface area contributed by atoms with E-state index in [1.165, 1.54) is 23.0 Å². The van der Waals surface area contributed by atoms with E-state index in [1.54, 1.807) is 24.2 Å². The summed E-state index contributed by atoms with van der Waals surface area (Å²) in [5, 5.41) is 4.28. The molecule has 0 aromatic carbocycles. The highest BCUT2D eigenvalue weighted by Crippen LogP contribution is 2.40. The third-order valence-electron chi connectivity index (χ3n) is 6.48. The molecule has 4 heterocycles. The molecule has 0 spiro atoms. The average molecular weight is 423 g/mol. The van der Waals surface area contributed by atoms with Crippen molar-refractivity contribution >= 4 is 5.91 Å². The Bertz CT molecular complexity index is 1180. The number of carbonyl (C=O) groups excluding carboxylic acids is 1. The maximum absolute atomic E-state index is 15.4. The molecule has 1 fully saturated rings. The van der Waals surface area contributed by atoms with Crippen molar-refractivity contribution in [3.05, 3.63) is 53.7 Å². The van der Waals surface area contributed by atoms with Crippen LogP contribution in [0, 0.1) is 17.3 Å². The van der Waals surface area contributed by atoms with E-state index in [1.807, 2.05) is 0 Å². The van der Waals surface area contributed by atoms with Gasteiger partial charge in [0.25, 0.3) is 5.91 Å². The van der Waals surface area contributed by atoms with Crippen LogP contribution in [0.3, 0.4) is 0 Å². The largest absolute Gasteiger partial charge is 0.336 e. The van der Waals surface area contributed by atoms with E-state index in [4.69, 9.17) is 0 Å². The van der Waals surface area contributed by atoms with Gasteiger partial charge < -0.3 is 4.90 Å². The van der Waals surface area contributed by atoms with Crippen molar-refractivity contribution in [1.29, 1.82) is 0 Å². The van der Waals surface area contributed by atoms with Crippen LogP contribution in [0.25, 0.3) is 22.4 Å². The summed E-state index contributed by atoms with van der Waals surface area (Å²) in [5.41, 5.74) is 2.54. The maximum atomic E-state index is 15.4. The van der Waals surface area contributed by atoms with Gasteiger partial charge in [-0.15, -0.1) is 0 Å². The van der Waals surface area contributed by atoms with Crippen molar-refractivity contribution < 1.29 is 13.6 Å². The van der Waals surface area contributed by atoms with Crippen LogP contribution in [-0.2, 0) is 13.1 Å². The first-order valence-electron chi connectivity index (χ1n) is 10.5. The molecule has 0 saturated heterocycles. The van der Waals surface area contributed by atoms with Crippen molar-refractivity contribution in [2.75, 3.05) is 7.05 Å². The molecule has 1 aliphatic carbocycles. The molecule has 0 bridgehead atoms. The van der Waals surface area contributed by atoms with Crippen molar-refractivity contribution in [2.24, 2.45) is 5.41 Å². The Morgan fingerprint density at radius 2 is 1.87 bits per heavy atom. The highest BCUT2D eigenvalue weighted by Gasteiger charge is 2.31. The van der Waals surface area contributed by atoms with Crippen LogP contribution in [0.15, 0.2) is 30.6 Å². The van der Waals surface area contributed by atoms with E-state index < -0.39 is 11.9 Å². The first kappa shape index (κ1) is 19.8. The van der Waals surface area contributed by atoms with Gasteiger partial charge in [0.05, 0.1) is 35.3 Å². The number of rotatable bonds is 4. The van der Waals surface area contributed by atoms with Gasteiger partial charge in [-0.2, -0.15) is 13.9 Å². The number of pyridine rings is 2. The van der Waals surface area contributed by atoms with Gasteiger partial charge in [-0.1, -0.05) is 19.8 Å². The summed E-state index contributed by atoms with van der Waals surface area (Å²) >= 11 is 0. The number of nitrogens with zero attached hydrogens (tertiary/aromatic N) is 5. The van der Waals surface area contributed by atoms with Gasteiger partial charge in [0.1, 0.15) is 0 Å². The highest BCUT2D eigenvalue weighted by molar-refractivity contribution is 5.99. The number of carbonyl (C=O) groups is 1. The lowest BCUT2D eigenvalue weighted by atomic mass is 9.89. The molecule has 2 aliphatic rings. The number of hydrogen-bond donors (Lipinski definition) is 0. The summed E-state index contributed by atoms with van der Waals surface area (Å²) in [6.45, 7) is 3.10. The number of halogens is 2. The second-order valence-corrected chi connectivity index (χ2v) is 8.93. The lowest BCUT2D eigenvalue weighted by Gasteiger charge is -2.23. The molecule has 8 heteroatoms. The Kier molecular flexibility index (Phi) is 4.60. The normalized spacial score (nSPS) is 17.4. The van der Waals surface area contributed by atoms with Gasteiger partial charge in [-0.3, -0.25) is 9.78 Å². The predicted octanol–water partition coefficient (Wildman–Crippen LogP) is 4.45. The van der Waals surface area contributed by atoms with Gasteiger partial charge in [-0.25, -0.2) is 9.67 Å². The Morgan fingerprint density at radius 1 is 1.10 bits per heavy atom. The fourth-order valence-corrected chi connectivity index (χ4v) is 4.72. The number of fused-ring (bicyclic) bond motifs is 1. The topological polar surface area (TPSA) is 63.9 Å². The summed E-state index contributed by atoms with van der Waals surface area (Å²) in [5.74, 6) is -1.30. The Hall–Kier alpha value is -3.16. The second-order valence-electron chi connectivity index (χ2n) is 8.93. The summed E-state index contributed by atoms with van der Waals surface area (Å²) in [4.78, 5) is 22.3. The summed E-state index contributed by atoms with van der Waals surface area (Å²) in [6.07, 6.45) is 7.42. The van der Waals surface area contributed by atoms with Crippen molar-refractivity contribution in [3.8, 4) is 22.4 Å². The molecule has 3 aromatic heterocycles. The number of aromatic nitrogens is 4. The fraction of sp³-hybridized carbons (Fsp3) is 0.391. The Balaban J connectivity index is 1.56. The molecule has 1 amide bonds. The molecule has 160 valence electrons. The SMILES string of the molecule is CN1Cc2ncc(-c3nc(F)ccc3-c3cnn(CC4(C)CCCC4)c3F)cc2C1=O. The molecule has 0 atom stereocenters. The Morgan fingerprint density at radius 3 is 2.65 bits per heavy atom. The van der Waals surface area contributed by atoms with Crippen LogP contribution >= 0.6 is 0 Å². The van der Waals surface area contributed by atoms with E-state index in [2.05, 4.69) is 22.0 Å². The Labute approximate surface area is 178 Å². The number of amides is 1. The third-order valence-corrected chi connectivity index (χ3v) is 6.48. The molecular weight excluding hydrogens is 400 g/mol. The zero-order valence-electron chi connectivity index (χ0n) is 17.5. The average Bonchev–Trinajstić information content (AvgIpc) is 3.41. The van der Waals surface area contributed by atoms with Gasteiger partial charge in [0.2, 0.25) is 11.9 Å². The molecule has 0 N–H and O–H groups in total. The van der Waals surface area contributed by atoms with Gasteiger partial charge in [0, 0.05) is 30.9 Å². The standard InChI is InChI=1S/C23H23F2N5O/c1-23(7-3-4-8-23)13-30-21(25)17(11-27-30)15-5-6-19(24)28-20(15)14-9-16-18(26-10-14)12-29(2)22(16)31/h5-6,9-11H,3-4,7-8,12-13H2,1-2H3. The summed E-state index contributed by atoms with van der Waals surface area (Å²) in [6, 6.07) is 4.36. The molecule has 1 aliphatic heterocycles. The lowest BCUT2D eigenvalue weighted by Crippen LogP contribution is -2.21. The minimum atomic E-state index is -0.686. The van der Waals surface area contributed by atoms with Gasteiger partial charge in [-0.05, 0) is 36.5 Å². The van der Waals surface area contributed by atoms with Crippen molar-refractivity contribution in [3.63, 3.8) is 0 Å². The highest BCUT2D eigenvalue weighted by atomic mass is 19.1. The molecule has 0 radical (unpaired) electrons. The smallest absolute Gasteiger partial charge is 0.255 e.